The fraction of sp³-hybridized carbons (Fsp3) is 0.382. The zero-order valence-corrected chi connectivity index (χ0v) is 25.4. The van der Waals surface area contributed by atoms with Crippen LogP contribution in [0.25, 0.3) is 0 Å². The SMILES string of the molecule is CCCCN(C(=O)C(Cc1ccccc1)NC(=O)OC(C)(C)C)C(C(=O)Nc1c(C)cccc1C)c1ccc(O)cc1. The summed E-state index contributed by atoms with van der Waals surface area (Å²) in [5.41, 5.74) is 3.11. The Morgan fingerprint density at radius 2 is 1.52 bits per heavy atom. The van der Waals surface area contributed by atoms with E-state index in [1.54, 1.807) is 32.9 Å². The average Bonchev–Trinajstić information content (AvgIpc) is 2.92. The first-order valence-electron chi connectivity index (χ1n) is 14.4. The third-order valence-electron chi connectivity index (χ3n) is 6.81. The molecule has 0 radical (unpaired) electrons. The third-order valence-corrected chi connectivity index (χ3v) is 6.81. The van der Waals surface area contributed by atoms with Gasteiger partial charge >= 0.3 is 6.09 Å². The van der Waals surface area contributed by atoms with Gasteiger partial charge < -0.3 is 25.4 Å². The highest BCUT2D eigenvalue weighted by Crippen LogP contribution is 2.28. The van der Waals surface area contributed by atoms with Crippen molar-refractivity contribution in [1.29, 1.82) is 0 Å². The van der Waals surface area contributed by atoms with Crippen molar-refractivity contribution >= 4 is 23.6 Å². The van der Waals surface area contributed by atoms with E-state index >= 15 is 0 Å². The van der Waals surface area contributed by atoms with Crippen LogP contribution in [0.2, 0.25) is 0 Å². The van der Waals surface area contributed by atoms with Crippen molar-refractivity contribution in [2.24, 2.45) is 0 Å². The number of para-hydroxylation sites is 1. The third kappa shape index (κ3) is 9.09. The summed E-state index contributed by atoms with van der Waals surface area (Å²) < 4.78 is 5.50. The number of carbonyl (C=O) groups is 3. The Morgan fingerprint density at radius 1 is 0.905 bits per heavy atom. The summed E-state index contributed by atoms with van der Waals surface area (Å²) in [5.74, 6) is -0.751. The van der Waals surface area contributed by atoms with Gasteiger partial charge in [0.1, 0.15) is 23.4 Å². The number of aromatic hydroxyl groups is 1. The van der Waals surface area contributed by atoms with E-state index in [9.17, 15) is 19.5 Å². The van der Waals surface area contributed by atoms with Gasteiger partial charge in [0.05, 0.1) is 0 Å². The van der Waals surface area contributed by atoms with Crippen molar-refractivity contribution in [2.75, 3.05) is 11.9 Å². The quantitative estimate of drug-likeness (QED) is 0.244. The monoisotopic (exact) mass is 573 g/mol. The molecule has 8 nitrogen and oxygen atoms in total. The number of carbonyl (C=O) groups excluding carboxylic acids is 3. The van der Waals surface area contributed by atoms with Gasteiger partial charge in [-0.2, -0.15) is 0 Å². The van der Waals surface area contributed by atoms with Crippen LogP contribution in [0.3, 0.4) is 0 Å². The second-order valence-corrected chi connectivity index (χ2v) is 11.5. The van der Waals surface area contributed by atoms with Gasteiger partial charge in [-0.25, -0.2) is 4.79 Å². The van der Waals surface area contributed by atoms with Gasteiger partial charge in [0.15, 0.2) is 0 Å². The number of rotatable bonds is 11. The van der Waals surface area contributed by atoms with Crippen LogP contribution in [-0.2, 0) is 20.7 Å². The van der Waals surface area contributed by atoms with Crippen molar-refractivity contribution in [1.82, 2.24) is 10.2 Å². The number of anilines is 1. The summed E-state index contributed by atoms with van der Waals surface area (Å²) in [7, 11) is 0. The highest BCUT2D eigenvalue weighted by Gasteiger charge is 2.36. The Kier molecular flexibility index (Phi) is 11.1. The molecule has 3 N–H and O–H groups in total. The summed E-state index contributed by atoms with van der Waals surface area (Å²) >= 11 is 0. The fourth-order valence-electron chi connectivity index (χ4n) is 4.73. The zero-order valence-electron chi connectivity index (χ0n) is 25.4. The Labute approximate surface area is 249 Å². The van der Waals surface area contributed by atoms with Gasteiger partial charge in [0.25, 0.3) is 5.91 Å². The molecule has 0 fully saturated rings. The number of ether oxygens (including phenoxy) is 1. The van der Waals surface area contributed by atoms with Gasteiger partial charge in [-0.3, -0.25) is 9.59 Å². The van der Waals surface area contributed by atoms with E-state index in [4.69, 9.17) is 4.74 Å². The van der Waals surface area contributed by atoms with E-state index in [0.717, 1.165) is 23.1 Å². The minimum Gasteiger partial charge on any atom is -0.508 e. The number of phenols is 1. The molecule has 2 atom stereocenters. The predicted molar refractivity (Wildman–Crippen MR) is 165 cm³/mol. The molecule has 3 aromatic rings. The second kappa shape index (κ2) is 14.5. The molecule has 3 aromatic carbocycles. The molecule has 0 spiro atoms. The summed E-state index contributed by atoms with van der Waals surface area (Å²) in [6, 6.07) is 19.4. The Hall–Kier alpha value is -4.33. The number of phenolic OH excluding ortho intramolecular Hbond substituents is 1. The van der Waals surface area contributed by atoms with Crippen LogP contribution in [0, 0.1) is 13.8 Å². The minimum atomic E-state index is -1.03. The summed E-state index contributed by atoms with van der Waals surface area (Å²) in [4.78, 5) is 43.0. The molecule has 0 aromatic heterocycles. The molecule has 0 saturated carbocycles. The van der Waals surface area contributed by atoms with Gasteiger partial charge in [-0.15, -0.1) is 0 Å². The molecular formula is C34H43N3O5. The van der Waals surface area contributed by atoms with E-state index in [-0.39, 0.29) is 18.7 Å². The minimum absolute atomic E-state index is 0.0487. The van der Waals surface area contributed by atoms with Crippen LogP contribution >= 0.6 is 0 Å². The summed E-state index contributed by atoms with van der Waals surface area (Å²) in [6.45, 7) is 11.4. The molecule has 0 aliphatic carbocycles. The molecule has 0 aliphatic heterocycles. The zero-order chi connectivity index (χ0) is 30.9. The van der Waals surface area contributed by atoms with Crippen LogP contribution in [0.4, 0.5) is 10.5 Å². The van der Waals surface area contributed by atoms with Crippen molar-refractivity contribution < 1.29 is 24.2 Å². The van der Waals surface area contributed by atoms with Crippen LogP contribution in [-0.4, -0.2) is 46.1 Å². The number of nitrogens with one attached hydrogen (secondary N) is 2. The summed E-state index contributed by atoms with van der Waals surface area (Å²) in [6.07, 6.45) is 0.922. The lowest BCUT2D eigenvalue weighted by Crippen LogP contribution is -2.53. The number of unbranched alkanes of at least 4 members (excludes halogenated alkanes) is 1. The smallest absolute Gasteiger partial charge is 0.408 e. The highest BCUT2D eigenvalue weighted by molar-refractivity contribution is 6.00. The Balaban J connectivity index is 2.07. The van der Waals surface area contributed by atoms with Crippen molar-refractivity contribution in [3.8, 4) is 5.75 Å². The fourth-order valence-corrected chi connectivity index (χ4v) is 4.73. The lowest BCUT2D eigenvalue weighted by Gasteiger charge is -2.35. The van der Waals surface area contributed by atoms with Gasteiger partial charge in [0.2, 0.25) is 5.91 Å². The topological polar surface area (TPSA) is 108 Å². The number of hydrogen-bond acceptors (Lipinski definition) is 5. The Morgan fingerprint density at radius 3 is 2.10 bits per heavy atom. The molecule has 8 heteroatoms. The standard InChI is InChI=1S/C34H43N3O5/c1-7-8-21-37(32(40)28(22-25-15-10-9-11-16-25)35-33(41)42-34(4,5)6)30(26-17-19-27(38)20-18-26)31(39)36-29-23(2)13-12-14-24(29)3/h9-20,28,30,38H,7-8,21-22H2,1-6H3,(H,35,41)(H,36,39). The first-order chi connectivity index (χ1) is 19.9. The van der Waals surface area contributed by atoms with E-state index in [1.807, 2.05) is 69.3 Å². The van der Waals surface area contributed by atoms with Crippen LogP contribution in [0.5, 0.6) is 5.75 Å². The first-order valence-corrected chi connectivity index (χ1v) is 14.4. The number of alkyl carbamates (subject to hydrolysis) is 1. The molecule has 3 amide bonds. The molecule has 0 saturated heterocycles. The van der Waals surface area contributed by atoms with E-state index in [1.165, 1.54) is 17.0 Å². The molecule has 224 valence electrons. The number of hydrogen-bond donors (Lipinski definition) is 3. The molecule has 42 heavy (non-hydrogen) atoms. The molecule has 0 aliphatic rings. The number of nitrogens with zero attached hydrogens (tertiary/aromatic N) is 1. The molecular weight excluding hydrogens is 530 g/mol. The van der Waals surface area contributed by atoms with Crippen LogP contribution in [0.1, 0.15) is 68.8 Å². The second-order valence-electron chi connectivity index (χ2n) is 11.5. The maximum atomic E-state index is 14.5. The largest absolute Gasteiger partial charge is 0.508 e. The number of benzene rings is 3. The van der Waals surface area contributed by atoms with E-state index in [2.05, 4.69) is 10.6 Å². The maximum absolute atomic E-state index is 14.5. The first kappa shape index (κ1) is 32.2. The van der Waals surface area contributed by atoms with Crippen LogP contribution < -0.4 is 10.6 Å². The normalized spacial score (nSPS) is 12.6. The van der Waals surface area contributed by atoms with Crippen LogP contribution in [0.15, 0.2) is 72.8 Å². The lowest BCUT2D eigenvalue weighted by molar-refractivity contribution is -0.140. The van der Waals surface area contributed by atoms with Crippen molar-refractivity contribution in [3.05, 3.63) is 95.1 Å². The van der Waals surface area contributed by atoms with E-state index < -0.39 is 35.6 Å². The molecule has 0 bridgehead atoms. The van der Waals surface area contributed by atoms with Crippen molar-refractivity contribution in [3.63, 3.8) is 0 Å². The molecule has 2 unspecified atom stereocenters. The number of aryl methyl sites for hydroxylation is 2. The lowest BCUT2D eigenvalue weighted by atomic mass is 9.99. The summed E-state index contributed by atoms with van der Waals surface area (Å²) in [5, 5.41) is 15.8. The van der Waals surface area contributed by atoms with Gasteiger partial charge in [-0.1, -0.05) is 74.0 Å². The van der Waals surface area contributed by atoms with Gasteiger partial charge in [0, 0.05) is 18.7 Å². The van der Waals surface area contributed by atoms with Crippen molar-refractivity contribution in [2.45, 2.75) is 78.5 Å². The number of amides is 3. The predicted octanol–water partition coefficient (Wildman–Crippen LogP) is 6.45. The van der Waals surface area contributed by atoms with E-state index in [0.29, 0.717) is 17.7 Å². The Bertz CT molecular complexity index is 1330. The molecule has 3 rings (SSSR count). The maximum Gasteiger partial charge on any atom is 0.408 e. The highest BCUT2D eigenvalue weighted by atomic mass is 16.6. The van der Waals surface area contributed by atoms with Gasteiger partial charge in [-0.05, 0) is 75.4 Å². The average molecular weight is 574 g/mol. The molecule has 0 heterocycles.